The molecule has 0 aliphatic heterocycles. The Kier molecular flexibility index (Phi) is 3.18. The summed E-state index contributed by atoms with van der Waals surface area (Å²) in [6.45, 7) is 2.16. The molecule has 0 fully saturated rings. The SMILES string of the molecule is CC(NC1CCCc2sccc21)c1nncn1C. The van der Waals surface area contributed by atoms with Gasteiger partial charge in [-0.25, -0.2) is 0 Å². The topological polar surface area (TPSA) is 42.7 Å². The first-order chi connectivity index (χ1) is 8.75. The molecule has 1 aliphatic rings. The number of aryl methyl sites for hydroxylation is 2. The van der Waals surface area contributed by atoms with E-state index < -0.39 is 0 Å². The van der Waals surface area contributed by atoms with Crippen LogP contribution in [0.5, 0.6) is 0 Å². The Balaban J connectivity index is 1.77. The number of thiophene rings is 1. The van der Waals surface area contributed by atoms with Gasteiger partial charge in [0, 0.05) is 18.0 Å². The summed E-state index contributed by atoms with van der Waals surface area (Å²) in [6, 6.07) is 2.96. The second-order valence-corrected chi connectivity index (χ2v) is 5.93. The van der Waals surface area contributed by atoms with Gasteiger partial charge in [0.05, 0.1) is 6.04 Å². The Morgan fingerprint density at radius 3 is 3.22 bits per heavy atom. The van der Waals surface area contributed by atoms with Gasteiger partial charge < -0.3 is 9.88 Å². The number of hydrogen-bond donors (Lipinski definition) is 1. The van der Waals surface area contributed by atoms with Crippen molar-refractivity contribution in [2.24, 2.45) is 7.05 Å². The smallest absolute Gasteiger partial charge is 0.149 e. The van der Waals surface area contributed by atoms with Crippen LogP contribution in [0.1, 0.15) is 48.1 Å². The lowest BCUT2D eigenvalue weighted by Gasteiger charge is -2.26. The summed E-state index contributed by atoms with van der Waals surface area (Å²) in [5.74, 6) is 0.998. The van der Waals surface area contributed by atoms with Crippen LogP contribution in [0, 0.1) is 0 Å². The molecular formula is C13H18N4S. The predicted octanol–water partition coefficient (Wildman–Crippen LogP) is 2.60. The fourth-order valence-electron chi connectivity index (χ4n) is 2.72. The van der Waals surface area contributed by atoms with E-state index in [0.717, 1.165) is 5.82 Å². The molecule has 0 bridgehead atoms. The molecule has 0 amide bonds. The van der Waals surface area contributed by atoms with Gasteiger partial charge in [-0.15, -0.1) is 21.5 Å². The highest BCUT2D eigenvalue weighted by atomic mass is 32.1. The van der Waals surface area contributed by atoms with E-state index in [-0.39, 0.29) is 6.04 Å². The lowest BCUT2D eigenvalue weighted by Crippen LogP contribution is -2.28. The molecule has 3 rings (SSSR count). The van der Waals surface area contributed by atoms with Crippen LogP contribution < -0.4 is 5.32 Å². The first kappa shape index (κ1) is 11.9. The predicted molar refractivity (Wildman–Crippen MR) is 72.6 cm³/mol. The average molecular weight is 262 g/mol. The van der Waals surface area contributed by atoms with Crippen LogP contribution in [-0.2, 0) is 13.5 Å². The van der Waals surface area contributed by atoms with Gasteiger partial charge in [0.2, 0.25) is 0 Å². The maximum atomic E-state index is 4.18. The number of hydrogen-bond acceptors (Lipinski definition) is 4. The van der Waals surface area contributed by atoms with Crippen molar-refractivity contribution in [1.29, 1.82) is 0 Å². The molecule has 18 heavy (non-hydrogen) atoms. The first-order valence-corrected chi connectivity index (χ1v) is 7.30. The summed E-state index contributed by atoms with van der Waals surface area (Å²) in [4.78, 5) is 1.55. The monoisotopic (exact) mass is 262 g/mol. The van der Waals surface area contributed by atoms with E-state index in [4.69, 9.17) is 0 Å². The third kappa shape index (κ3) is 2.08. The summed E-state index contributed by atoms with van der Waals surface area (Å²) in [5.41, 5.74) is 1.49. The highest BCUT2D eigenvalue weighted by Crippen LogP contribution is 2.34. The third-order valence-electron chi connectivity index (χ3n) is 3.64. The van der Waals surface area contributed by atoms with Gasteiger partial charge in [-0.05, 0) is 43.2 Å². The van der Waals surface area contributed by atoms with Crippen LogP contribution in [0.25, 0.3) is 0 Å². The minimum atomic E-state index is 0.230. The van der Waals surface area contributed by atoms with Crippen LogP contribution in [0.2, 0.25) is 0 Å². The normalized spacial score (nSPS) is 20.7. The van der Waals surface area contributed by atoms with Crippen molar-refractivity contribution >= 4 is 11.3 Å². The van der Waals surface area contributed by atoms with Crippen LogP contribution in [0.15, 0.2) is 17.8 Å². The van der Waals surface area contributed by atoms with Gasteiger partial charge in [-0.2, -0.15) is 0 Å². The van der Waals surface area contributed by atoms with Crippen molar-refractivity contribution in [3.8, 4) is 0 Å². The van der Waals surface area contributed by atoms with E-state index in [1.54, 1.807) is 11.2 Å². The van der Waals surface area contributed by atoms with E-state index in [2.05, 4.69) is 33.9 Å². The molecule has 0 spiro atoms. The molecular weight excluding hydrogens is 244 g/mol. The number of aromatic nitrogens is 3. The molecule has 2 aromatic rings. The van der Waals surface area contributed by atoms with Crippen LogP contribution in [-0.4, -0.2) is 14.8 Å². The van der Waals surface area contributed by atoms with Gasteiger partial charge in [-0.3, -0.25) is 0 Å². The summed E-state index contributed by atoms with van der Waals surface area (Å²) in [6.07, 6.45) is 5.48. The molecule has 2 heterocycles. The molecule has 1 aliphatic carbocycles. The van der Waals surface area contributed by atoms with Gasteiger partial charge >= 0.3 is 0 Å². The van der Waals surface area contributed by atoms with Crippen molar-refractivity contribution in [2.75, 3.05) is 0 Å². The van der Waals surface area contributed by atoms with E-state index in [1.807, 2.05) is 23.0 Å². The standard InChI is InChI=1S/C13H18N4S/c1-9(13-16-14-8-17(13)2)15-11-4-3-5-12-10(11)6-7-18-12/h6-9,11,15H,3-5H2,1-2H3. The van der Waals surface area contributed by atoms with Crippen molar-refractivity contribution in [3.63, 3.8) is 0 Å². The molecule has 4 nitrogen and oxygen atoms in total. The van der Waals surface area contributed by atoms with E-state index >= 15 is 0 Å². The molecule has 1 N–H and O–H groups in total. The highest BCUT2D eigenvalue weighted by Gasteiger charge is 2.23. The summed E-state index contributed by atoms with van der Waals surface area (Å²) in [7, 11) is 1.99. The summed E-state index contributed by atoms with van der Waals surface area (Å²) < 4.78 is 1.98. The lowest BCUT2D eigenvalue weighted by molar-refractivity contribution is 0.403. The zero-order valence-electron chi connectivity index (χ0n) is 10.8. The molecule has 2 aromatic heterocycles. The van der Waals surface area contributed by atoms with Crippen LogP contribution >= 0.6 is 11.3 Å². The van der Waals surface area contributed by atoms with E-state index in [9.17, 15) is 0 Å². The van der Waals surface area contributed by atoms with Crippen LogP contribution in [0.4, 0.5) is 0 Å². The second kappa shape index (κ2) is 4.82. The lowest BCUT2D eigenvalue weighted by atomic mass is 9.93. The Morgan fingerprint density at radius 1 is 1.56 bits per heavy atom. The minimum absolute atomic E-state index is 0.230. The minimum Gasteiger partial charge on any atom is -0.319 e. The second-order valence-electron chi connectivity index (χ2n) is 4.93. The number of fused-ring (bicyclic) bond motifs is 1. The number of nitrogens with zero attached hydrogens (tertiary/aromatic N) is 3. The fraction of sp³-hybridized carbons (Fsp3) is 0.538. The molecule has 0 radical (unpaired) electrons. The largest absolute Gasteiger partial charge is 0.319 e. The maximum absolute atomic E-state index is 4.18. The van der Waals surface area contributed by atoms with Crippen molar-refractivity contribution in [3.05, 3.63) is 34.0 Å². The highest BCUT2D eigenvalue weighted by molar-refractivity contribution is 7.10. The molecule has 0 saturated carbocycles. The maximum Gasteiger partial charge on any atom is 0.149 e. The van der Waals surface area contributed by atoms with Gasteiger partial charge in [0.25, 0.3) is 0 Å². The molecule has 5 heteroatoms. The molecule has 2 atom stereocenters. The average Bonchev–Trinajstić information content (AvgIpc) is 2.97. The number of rotatable bonds is 3. The Bertz CT molecular complexity index is 531. The molecule has 0 saturated heterocycles. The third-order valence-corrected chi connectivity index (χ3v) is 4.63. The Hall–Kier alpha value is -1.20. The first-order valence-electron chi connectivity index (χ1n) is 6.42. The molecule has 0 aromatic carbocycles. The van der Waals surface area contributed by atoms with Gasteiger partial charge in [0.1, 0.15) is 12.2 Å². The summed E-state index contributed by atoms with van der Waals surface area (Å²) in [5, 5.41) is 14.0. The zero-order valence-corrected chi connectivity index (χ0v) is 11.6. The Labute approximate surface area is 111 Å². The van der Waals surface area contributed by atoms with Crippen molar-refractivity contribution in [2.45, 2.75) is 38.3 Å². The van der Waals surface area contributed by atoms with Gasteiger partial charge in [0.15, 0.2) is 0 Å². The van der Waals surface area contributed by atoms with E-state index in [0.29, 0.717) is 6.04 Å². The van der Waals surface area contributed by atoms with E-state index in [1.165, 1.54) is 24.8 Å². The van der Waals surface area contributed by atoms with Gasteiger partial charge in [-0.1, -0.05) is 0 Å². The number of nitrogens with one attached hydrogen (secondary N) is 1. The quantitative estimate of drug-likeness (QED) is 0.924. The molecule has 2 unspecified atom stereocenters. The Morgan fingerprint density at radius 2 is 2.44 bits per heavy atom. The fourth-order valence-corrected chi connectivity index (χ4v) is 3.71. The summed E-state index contributed by atoms with van der Waals surface area (Å²) >= 11 is 1.88. The molecule has 96 valence electrons. The van der Waals surface area contributed by atoms with Crippen molar-refractivity contribution < 1.29 is 0 Å². The zero-order chi connectivity index (χ0) is 12.5. The van der Waals surface area contributed by atoms with Crippen molar-refractivity contribution in [1.82, 2.24) is 20.1 Å². The van der Waals surface area contributed by atoms with Crippen LogP contribution in [0.3, 0.4) is 0 Å².